The predicted molar refractivity (Wildman–Crippen MR) is 106 cm³/mol. The third kappa shape index (κ3) is 5.90. The van der Waals surface area contributed by atoms with E-state index in [1.54, 1.807) is 6.07 Å². The average Bonchev–Trinajstić information content (AvgIpc) is 3.19. The van der Waals surface area contributed by atoms with Crippen LogP contribution in [0.25, 0.3) is 11.1 Å². The Morgan fingerprint density at radius 1 is 1.23 bits per heavy atom. The summed E-state index contributed by atoms with van der Waals surface area (Å²) in [4.78, 5) is 11.3. The number of ether oxygens (including phenoxy) is 1. The van der Waals surface area contributed by atoms with Gasteiger partial charge in [0.05, 0.1) is 24.3 Å². The van der Waals surface area contributed by atoms with Gasteiger partial charge in [-0.1, -0.05) is 24.3 Å². The summed E-state index contributed by atoms with van der Waals surface area (Å²) in [6.45, 7) is 0.599. The van der Waals surface area contributed by atoms with E-state index in [1.807, 2.05) is 0 Å². The molecule has 0 saturated carbocycles. The Morgan fingerprint density at radius 2 is 1.97 bits per heavy atom. The second-order valence-electron chi connectivity index (χ2n) is 6.90. The quantitative estimate of drug-likeness (QED) is 0.392. The van der Waals surface area contributed by atoms with Gasteiger partial charge in [-0.25, -0.2) is 5.43 Å². The van der Waals surface area contributed by atoms with Gasteiger partial charge in [0.2, 0.25) is 5.91 Å². The average molecular weight is 456 g/mol. The Labute approximate surface area is 176 Å². The molecule has 166 valence electrons. The summed E-state index contributed by atoms with van der Waals surface area (Å²) >= 11 is 0. The number of hydrogen-bond donors (Lipinski definition) is 2. The smallest absolute Gasteiger partial charge is 0.378 e. The number of carbonyl (C=O) groups is 1. The lowest BCUT2D eigenvalue weighted by Gasteiger charge is -2.14. The summed E-state index contributed by atoms with van der Waals surface area (Å²) in [5.41, 5.74) is 1.22. The molecule has 2 N–H and O–H groups in total. The molecule has 3 rings (SSSR count). The summed E-state index contributed by atoms with van der Waals surface area (Å²) in [5.74, 6) is -0.390. The molecule has 1 saturated heterocycles. The van der Waals surface area contributed by atoms with Gasteiger partial charge in [0.15, 0.2) is 0 Å². The molecule has 2 aromatic rings. The van der Waals surface area contributed by atoms with Gasteiger partial charge in [-0.3, -0.25) is 9.35 Å². The molecule has 1 unspecified atom stereocenters. The van der Waals surface area contributed by atoms with Gasteiger partial charge in [0.25, 0.3) is 10.1 Å². The maximum atomic E-state index is 13.2. The number of halogens is 3. The third-order valence-corrected chi connectivity index (χ3v) is 5.58. The molecule has 0 aliphatic carbocycles. The van der Waals surface area contributed by atoms with E-state index in [0.717, 1.165) is 12.8 Å². The van der Waals surface area contributed by atoms with Crippen molar-refractivity contribution in [1.29, 1.82) is 0 Å². The zero-order valence-electron chi connectivity index (χ0n) is 16.1. The summed E-state index contributed by atoms with van der Waals surface area (Å²) in [6, 6.07) is 7.86. The highest BCUT2D eigenvalue weighted by atomic mass is 32.2. The highest BCUT2D eigenvalue weighted by molar-refractivity contribution is 7.86. The van der Waals surface area contributed by atoms with Crippen LogP contribution in [0.15, 0.2) is 52.5 Å². The Balaban J connectivity index is 1.92. The van der Waals surface area contributed by atoms with Gasteiger partial charge in [-0.05, 0) is 36.6 Å². The first kappa shape index (κ1) is 22.9. The zero-order valence-corrected chi connectivity index (χ0v) is 16.9. The SMILES string of the molecule is O=C(CC1CCCO1)NN=Cc1ccccc1-c1cc(C(F)(F)F)ccc1S(=O)(=O)O. The monoisotopic (exact) mass is 456 g/mol. The van der Waals surface area contributed by atoms with E-state index < -0.39 is 32.7 Å². The van der Waals surface area contributed by atoms with Gasteiger partial charge in [0.1, 0.15) is 4.90 Å². The number of hydrazone groups is 1. The molecular weight excluding hydrogens is 437 g/mol. The minimum absolute atomic E-state index is 0.0818. The minimum atomic E-state index is -4.80. The standard InChI is InChI=1S/C20H19F3N2O5S/c21-20(22,23)14-7-8-18(31(27,28)29)17(10-14)16-6-2-1-4-13(16)12-24-25-19(26)11-15-5-3-9-30-15/h1-2,4,6-8,10,12,15H,3,5,9,11H2,(H,25,26)(H,27,28,29). The van der Waals surface area contributed by atoms with E-state index in [-0.39, 0.29) is 29.2 Å². The Morgan fingerprint density at radius 3 is 2.61 bits per heavy atom. The van der Waals surface area contributed by atoms with Crippen LogP contribution >= 0.6 is 0 Å². The van der Waals surface area contributed by atoms with Gasteiger partial charge in [0, 0.05) is 17.7 Å². The molecule has 7 nitrogen and oxygen atoms in total. The topological polar surface area (TPSA) is 105 Å². The highest BCUT2D eigenvalue weighted by Gasteiger charge is 2.32. The second-order valence-corrected chi connectivity index (χ2v) is 8.29. The van der Waals surface area contributed by atoms with Crippen molar-refractivity contribution in [3.05, 3.63) is 53.6 Å². The molecule has 1 heterocycles. The summed E-state index contributed by atoms with van der Waals surface area (Å²) in [5, 5.41) is 3.82. The van der Waals surface area contributed by atoms with Crippen molar-refractivity contribution in [2.75, 3.05) is 6.61 Å². The molecule has 1 fully saturated rings. The van der Waals surface area contributed by atoms with Gasteiger partial charge in [-0.15, -0.1) is 0 Å². The molecule has 2 aromatic carbocycles. The summed E-state index contributed by atoms with van der Waals surface area (Å²) in [7, 11) is -4.80. The fraction of sp³-hybridized carbons (Fsp3) is 0.300. The first-order valence-electron chi connectivity index (χ1n) is 9.27. The van der Waals surface area contributed by atoms with Crippen molar-refractivity contribution >= 4 is 22.2 Å². The van der Waals surface area contributed by atoms with Crippen molar-refractivity contribution in [1.82, 2.24) is 5.43 Å². The fourth-order valence-electron chi connectivity index (χ4n) is 3.23. The van der Waals surface area contributed by atoms with Crippen molar-refractivity contribution in [2.45, 2.75) is 36.4 Å². The van der Waals surface area contributed by atoms with Gasteiger partial charge in [-0.2, -0.15) is 26.7 Å². The van der Waals surface area contributed by atoms with Crippen molar-refractivity contribution in [2.24, 2.45) is 5.10 Å². The van der Waals surface area contributed by atoms with E-state index in [1.165, 1.54) is 24.4 Å². The largest absolute Gasteiger partial charge is 0.416 e. The predicted octanol–water partition coefficient (Wildman–Crippen LogP) is 3.64. The van der Waals surface area contributed by atoms with Crippen LogP contribution in [0.2, 0.25) is 0 Å². The Bertz CT molecular complexity index is 1090. The summed E-state index contributed by atoms with van der Waals surface area (Å²) in [6.07, 6.45) is -1.93. The molecular formula is C20H19F3N2O5S. The lowest BCUT2D eigenvalue weighted by molar-refractivity contribution is -0.137. The van der Waals surface area contributed by atoms with E-state index in [2.05, 4.69) is 10.5 Å². The minimum Gasteiger partial charge on any atom is -0.378 e. The van der Waals surface area contributed by atoms with Crippen LogP contribution < -0.4 is 5.43 Å². The van der Waals surface area contributed by atoms with E-state index in [9.17, 15) is 30.9 Å². The van der Waals surface area contributed by atoms with Crippen LogP contribution in [0.5, 0.6) is 0 Å². The molecule has 0 aromatic heterocycles. The van der Waals surface area contributed by atoms with Crippen molar-refractivity contribution in [3.63, 3.8) is 0 Å². The van der Waals surface area contributed by atoms with Crippen LogP contribution in [0.3, 0.4) is 0 Å². The van der Waals surface area contributed by atoms with E-state index >= 15 is 0 Å². The van der Waals surface area contributed by atoms with Crippen LogP contribution in [0.4, 0.5) is 13.2 Å². The van der Waals surface area contributed by atoms with Gasteiger partial charge < -0.3 is 4.74 Å². The molecule has 1 aliphatic rings. The van der Waals surface area contributed by atoms with Gasteiger partial charge >= 0.3 is 6.18 Å². The second kappa shape index (κ2) is 9.16. The van der Waals surface area contributed by atoms with Crippen LogP contribution in [-0.4, -0.2) is 37.8 Å². The normalized spacial score (nSPS) is 17.2. The zero-order chi connectivity index (χ0) is 22.6. The number of benzene rings is 2. The summed E-state index contributed by atoms with van der Waals surface area (Å²) < 4.78 is 77.9. The number of hydrogen-bond acceptors (Lipinski definition) is 5. The highest BCUT2D eigenvalue weighted by Crippen LogP contribution is 2.36. The molecule has 31 heavy (non-hydrogen) atoms. The molecule has 1 aliphatic heterocycles. The third-order valence-electron chi connectivity index (χ3n) is 4.67. The van der Waals surface area contributed by atoms with Crippen molar-refractivity contribution < 1.29 is 35.7 Å². The van der Waals surface area contributed by atoms with Crippen molar-refractivity contribution in [3.8, 4) is 11.1 Å². The Hall–Kier alpha value is -2.76. The fourth-order valence-corrected chi connectivity index (χ4v) is 3.91. The van der Waals surface area contributed by atoms with E-state index in [0.29, 0.717) is 24.8 Å². The molecule has 0 bridgehead atoms. The number of rotatable bonds is 6. The Kier molecular flexibility index (Phi) is 6.77. The van der Waals surface area contributed by atoms with Crippen LogP contribution in [-0.2, 0) is 25.8 Å². The number of alkyl halides is 3. The molecule has 0 radical (unpaired) electrons. The molecule has 1 amide bonds. The van der Waals surface area contributed by atoms with Crippen LogP contribution in [0.1, 0.15) is 30.4 Å². The maximum absolute atomic E-state index is 13.2. The number of carbonyl (C=O) groups excluding carboxylic acids is 1. The van der Waals surface area contributed by atoms with E-state index in [4.69, 9.17) is 4.74 Å². The number of nitrogens with zero attached hydrogens (tertiary/aromatic N) is 1. The lowest BCUT2D eigenvalue weighted by atomic mass is 9.98. The number of nitrogens with one attached hydrogen (secondary N) is 1. The first-order valence-corrected chi connectivity index (χ1v) is 10.7. The maximum Gasteiger partial charge on any atom is 0.416 e. The first-order chi connectivity index (χ1) is 14.6. The molecule has 11 heteroatoms. The lowest BCUT2D eigenvalue weighted by Crippen LogP contribution is -2.23. The van der Waals surface area contributed by atoms with Crippen LogP contribution in [0, 0.1) is 0 Å². The molecule has 0 spiro atoms. The number of amides is 1. The molecule has 1 atom stereocenters.